The predicted molar refractivity (Wildman–Crippen MR) is 144 cm³/mol. The first kappa shape index (κ1) is 26.7. The van der Waals surface area contributed by atoms with Crippen LogP contribution < -0.4 is 20.1 Å². The molecule has 0 saturated heterocycles. The molecule has 0 radical (unpaired) electrons. The van der Waals surface area contributed by atoms with Crippen LogP contribution in [0, 0.1) is 0 Å². The SMILES string of the molecule is COc1ccc(OC)c(-n2c(CNC(=O)c3ccc(Cl)cc3Cl)nnc2SCC(=O)Nc2nccs2)c1. The van der Waals surface area contributed by atoms with E-state index >= 15 is 0 Å². The normalized spacial score (nSPS) is 10.7. The molecule has 2 amide bonds. The first-order valence-corrected chi connectivity index (χ1v) is 13.2. The topological polar surface area (TPSA) is 120 Å². The van der Waals surface area contributed by atoms with E-state index < -0.39 is 5.91 Å². The first-order valence-electron chi connectivity index (χ1n) is 10.6. The summed E-state index contributed by atoms with van der Waals surface area (Å²) in [6.45, 7) is 0.0109. The predicted octanol–water partition coefficient (Wildman–Crippen LogP) is 4.71. The fourth-order valence-corrected chi connectivity index (χ4v) is 5.02. The van der Waals surface area contributed by atoms with E-state index in [0.29, 0.717) is 38.3 Å². The van der Waals surface area contributed by atoms with Crippen molar-refractivity contribution in [2.24, 2.45) is 0 Å². The average molecular weight is 579 g/mol. The lowest BCUT2D eigenvalue weighted by Gasteiger charge is -2.15. The molecule has 0 aliphatic carbocycles. The van der Waals surface area contributed by atoms with Crippen LogP contribution >= 0.6 is 46.3 Å². The van der Waals surface area contributed by atoms with E-state index in [-0.39, 0.29) is 28.8 Å². The summed E-state index contributed by atoms with van der Waals surface area (Å²) in [4.78, 5) is 29.3. The lowest BCUT2D eigenvalue weighted by atomic mass is 10.2. The van der Waals surface area contributed by atoms with Crippen LogP contribution in [0.3, 0.4) is 0 Å². The Morgan fingerprint density at radius 1 is 1.11 bits per heavy atom. The molecule has 192 valence electrons. The molecule has 0 aliphatic rings. The van der Waals surface area contributed by atoms with E-state index in [2.05, 4.69) is 25.8 Å². The van der Waals surface area contributed by atoms with Gasteiger partial charge >= 0.3 is 0 Å². The summed E-state index contributed by atoms with van der Waals surface area (Å²) < 4.78 is 12.6. The van der Waals surface area contributed by atoms with Crippen molar-refractivity contribution < 1.29 is 19.1 Å². The first-order chi connectivity index (χ1) is 17.9. The van der Waals surface area contributed by atoms with Gasteiger partial charge in [0.25, 0.3) is 5.91 Å². The van der Waals surface area contributed by atoms with Crippen molar-refractivity contribution in [3.63, 3.8) is 0 Å². The van der Waals surface area contributed by atoms with Crippen molar-refractivity contribution in [2.45, 2.75) is 11.7 Å². The number of anilines is 1. The molecule has 0 bridgehead atoms. The molecule has 37 heavy (non-hydrogen) atoms. The maximum Gasteiger partial charge on any atom is 0.253 e. The number of carbonyl (C=O) groups is 2. The van der Waals surface area contributed by atoms with Crippen molar-refractivity contribution in [1.29, 1.82) is 0 Å². The van der Waals surface area contributed by atoms with Gasteiger partial charge in [-0.3, -0.25) is 14.2 Å². The van der Waals surface area contributed by atoms with E-state index in [4.69, 9.17) is 32.7 Å². The van der Waals surface area contributed by atoms with Crippen LogP contribution in [0.5, 0.6) is 11.5 Å². The fraction of sp³-hybridized carbons (Fsp3) is 0.174. The van der Waals surface area contributed by atoms with Gasteiger partial charge in [-0.2, -0.15) is 0 Å². The monoisotopic (exact) mass is 578 g/mol. The van der Waals surface area contributed by atoms with E-state index in [1.807, 2.05) is 0 Å². The van der Waals surface area contributed by atoms with Crippen LogP contribution in [0.2, 0.25) is 10.0 Å². The number of ether oxygens (including phenoxy) is 2. The molecule has 0 atom stereocenters. The van der Waals surface area contributed by atoms with Crippen LogP contribution in [-0.4, -0.2) is 51.5 Å². The summed E-state index contributed by atoms with van der Waals surface area (Å²) in [5.74, 6) is 0.877. The smallest absolute Gasteiger partial charge is 0.253 e. The Morgan fingerprint density at radius 3 is 2.65 bits per heavy atom. The molecule has 2 heterocycles. The standard InChI is InChI=1S/C23H20Cl2N6O4S2/c1-34-14-4-6-18(35-2)17(10-14)31-19(11-27-21(33)15-5-3-13(24)9-16(15)25)29-30-23(31)37-12-20(32)28-22-26-7-8-36-22/h3-10H,11-12H2,1-2H3,(H,27,33)(H,26,28,32). The number of benzene rings is 2. The Kier molecular flexibility index (Phi) is 8.87. The Bertz CT molecular complexity index is 1410. The van der Waals surface area contributed by atoms with Crippen molar-refractivity contribution >= 4 is 63.2 Å². The number of hydrogen-bond donors (Lipinski definition) is 2. The number of nitrogens with zero attached hydrogens (tertiary/aromatic N) is 4. The van der Waals surface area contributed by atoms with Crippen LogP contribution in [0.15, 0.2) is 53.1 Å². The highest BCUT2D eigenvalue weighted by Crippen LogP contribution is 2.32. The number of methoxy groups -OCH3 is 2. The summed E-state index contributed by atoms with van der Waals surface area (Å²) in [5, 5.41) is 17.4. The quantitative estimate of drug-likeness (QED) is 0.259. The number of carbonyl (C=O) groups excluding carboxylic acids is 2. The second kappa shape index (κ2) is 12.3. The van der Waals surface area contributed by atoms with Crippen LogP contribution in [0.25, 0.3) is 5.69 Å². The van der Waals surface area contributed by atoms with Gasteiger partial charge in [0.15, 0.2) is 16.1 Å². The third kappa shape index (κ3) is 6.52. The Hall–Kier alpha value is -3.32. The number of amides is 2. The zero-order valence-electron chi connectivity index (χ0n) is 19.5. The van der Waals surface area contributed by atoms with Crippen molar-refractivity contribution in [1.82, 2.24) is 25.1 Å². The number of nitrogens with one attached hydrogen (secondary N) is 2. The highest BCUT2D eigenvalue weighted by atomic mass is 35.5. The molecule has 0 saturated carbocycles. The molecule has 2 N–H and O–H groups in total. The molecule has 4 rings (SSSR count). The third-order valence-electron chi connectivity index (χ3n) is 4.92. The molecular weight excluding hydrogens is 559 g/mol. The second-order valence-electron chi connectivity index (χ2n) is 7.25. The largest absolute Gasteiger partial charge is 0.497 e. The lowest BCUT2D eigenvalue weighted by molar-refractivity contribution is -0.113. The van der Waals surface area contributed by atoms with Crippen molar-refractivity contribution in [2.75, 3.05) is 25.3 Å². The van der Waals surface area contributed by atoms with E-state index in [1.54, 1.807) is 47.5 Å². The van der Waals surface area contributed by atoms with Gasteiger partial charge in [-0.15, -0.1) is 21.5 Å². The molecule has 10 nitrogen and oxygen atoms in total. The van der Waals surface area contributed by atoms with Gasteiger partial charge in [-0.25, -0.2) is 4.98 Å². The fourth-order valence-electron chi connectivity index (χ4n) is 3.22. The van der Waals surface area contributed by atoms with Crippen molar-refractivity contribution in [3.05, 3.63) is 69.4 Å². The minimum atomic E-state index is -0.411. The van der Waals surface area contributed by atoms with Gasteiger partial charge in [0.05, 0.1) is 42.8 Å². The molecule has 0 unspecified atom stereocenters. The summed E-state index contributed by atoms with van der Waals surface area (Å²) in [7, 11) is 3.08. The Morgan fingerprint density at radius 2 is 1.95 bits per heavy atom. The number of rotatable bonds is 10. The summed E-state index contributed by atoms with van der Waals surface area (Å²) in [6, 6.07) is 9.87. The van der Waals surface area contributed by atoms with E-state index in [1.165, 1.54) is 42.3 Å². The maximum atomic E-state index is 12.8. The zero-order chi connectivity index (χ0) is 26.4. The van der Waals surface area contributed by atoms with Gasteiger partial charge < -0.3 is 20.1 Å². The Balaban J connectivity index is 1.61. The Labute approximate surface area is 230 Å². The molecular formula is C23H20Cl2N6O4S2. The van der Waals surface area contributed by atoms with Gasteiger partial charge in [0.2, 0.25) is 5.91 Å². The maximum absolute atomic E-state index is 12.8. The third-order valence-corrected chi connectivity index (χ3v) is 7.09. The number of halogens is 2. The van der Waals surface area contributed by atoms with Crippen LogP contribution in [0.1, 0.15) is 16.2 Å². The second-order valence-corrected chi connectivity index (χ2v) is 9.93. The number of aromatic nitrogens is 4. The lowest BCUT2D eigenvalue weighted by Crippen LogP contribution is -2.25. The van der Waals surface area contributed by atoms with Crippen LogP contribution in [-0.2, 0) is 11.3 Å². The van der Waals surface area contributed by atoms with Gasteiger partial charge in [0, 0.05) is 22.7 Å². The molecule has 2 aromatic carbocycles. The molecule has 0 aliphatic heterocycles. The molecule has 14 heteroatoms. The van der Waals surface area contributed by atoms with E-state index in [9.17, 15) is 9.59 Å². The highest BCUT2D eigenvalue weighted by Gasteiger charge is 2.21. The number of thiazole rings is 1. The average Bonchev–Trinajstić information content (AvgIpc) is 3.55. The van der Waals surface area contributed by atoms with Crippen molar-refractivity contribution in [3.8, 4) is 17.2 Å². The number of thioether (sulfide) groups is 1. The van der Waals surface area contributed by atoms with E-state index in [0.717, 1.165) is 0 Å². The zero-order valence-corrected chi connectivity index (χ0v) is 22.7. The molecule has 0 spiro atoms. The minimum Gasteiger partial charge on any atom is -0.497 e. The summed E-state index contributed by atoms with van der Waals surface area (Å²) >= 11 is 14.6. The summed E-state index contributed by atoms with van der Waals surface area (Å²) in [6.07, 6.45) is 1.61. The van der Waals surface area contributed by atoms with Gasteiger partial charge in [0.1, 0.15) is 11.5 Å². The minimum absolute atomic E-state index is 0.0109. The van der Waals surface area contributed by atoms with Crippen LogP contribution in [0.4, 0.5) is 5.13 Å². The summed E-state index contributed by atoms with van der Waals surface area (Å²) in [5.41, 5.74) is 0.841. The molecule has 2 aromatic heterocycles. The van der Waals surface area contributed by atoms with Gasteiger partial charge in [-0.1, -0.05) is 35.0 Å². The molecule has 4 aromatic rings. The highest BCUT2D eigenvalue weighted by molar-refractivity contribution is 7.99. The molecule has 0 fully saturated rings. The number of hydrogen-bond acceptors (Lipinski definition) is 9. The van der Waals surface area contributed by atoms with Gasteiger partial charge in [-0.05, 0) is 30.3 Å².